The van der Waals surface area contributed by atoms with E-state index in [9.17, 15) is 4.79 Å². The Bertz CT molecular complexity index is 357. The highest BCUT2D eigenvalue weighted by Crippen LogP contribution is 2.35. The highest BCUT2D eigenvalue weighted by molar-refractivity contribution is 5.81. The second-order valence-corrected chi connectivity index (χ2v) is 6.63. The second kappa shape index (κ2) is 6.00. The van der Waals surface area contributed by atoms with Crippen LogP contribution in [-0.4, -0.2) is 74.7 Å². The fraction of sp³-hybridized carbons (Fsp3) is 0.933. The van der Waals surface area contributed by atoms with Gasteiger partial charge in [-0.3, -0.25) is 9.69 Å². The predicted octanol–water partition coefficient (Wildman–Crippen LogP) is 0.164. The molecule has 0 unspecified atom stereocenters. The van der Waals surface area contributed by atoms with E-state index in [2.05, 4.69) is 22.2 Å². The SMILES string of the molecule is CNC(=O)[C@H]1C[C@@H]2CN(CC3CCOCC3)C[C@@H]2N1C. The van der Waals surface area contributed by atoms with E-state index in [1.807, 2.05) is 0 Å². The van der Waals surface area contributed by atoms with E-state index in [0.29, 0.717) is 12.0 Å². The molecular weight excluding hydrogens is 254 g/mol. The first-order chi connectivity index (χ1) is 9.69. The normalized spacial score (nSPS) is 36.2. The summed E-state index contributed by atoms with van der Waals surface area (Å²) in [5, 5.41) is 2.80. The van der Waals surface area contributed by atoms with Crippen molar-refractivity contribution in [3.05, 3.63) is 0 Å². The van der Waals surface area contributed by atoms with Gasteiger partial charge in [0, 0.05) is 45.9 Å². The Balaban J connectivity index is 1.52. The lowest BCUT2D eigenvalue weighted by atomic mass is 9.99. The van der Waals surface area contributed by atoms with Gasteiger partial charge in [0.05, 0.1) is 6.04 Å². The summed E-state index contributed by atoms with van der Waals surface area (Å²) >= 11 is 0. The van der Waals surface area contributed by atoms with Crippen LogP contribution < -0.4 is 5.32 Å². The van der Waals surface area contributed by atoms with Crippen LogP contribution in [0.15, 0.2) is 0 Å². The molecule has 5 nitrogen and oxygen atoms in total. The van der Waals surface area contributed by atoms with E-state index in [-0.39, 0.29) is 11.9 Å². The van der Waals surface area contributed by atoms with Gasteiger partial charge in [0.2, 0.25) is 5.91 Å². The van der Waals surface area contributed by atoms with Crippen molar-refractivity contribution in [2.24, 2.45) is 11.8 Å². The molecule has 3 fully saturated rings. The molecule has 0 aromatic heterocycles. The molecule has 114 valence electrons. The zero-order chi connectivity index (χ0) is 14.1. The first-order valence-electron chi connectivity index (χ1n) is 7.92. The Labute approximate surface area is 121 Å². The minimum absolute atomic E-state index is 0.0835. The third kappa shape index (κ3) is 2.71. The maximum absolute atomic E-state index is 11.9. The van der Waals surface area contributed by atoms with Crippen molar-refractivity contribution in [3.8, 4) is 0 Å². The first-order valence-corrected chi connectivity index (χ1v) is 7.92. The molecule has 0 saturated carbocycles. The van der Waals surface area contributed by atoms with Gasteiger partial charge in [0.25, 0.3) is 0 Å². The van der Waals surface area contributed by atoms with Gasteiger partial charge in [-0.1, -0.05) is 0 Å². The summed E-state index contributed by atoms with van der Waals surface area (Å²) < 4.78 is 5.44. The lowest BCUT2D eigenvalue weighted by Crippen LogP contribution is -2.45. The van der Waals surface area contributed by atoms with E-state index >= 15 is 0 Å². The smallest absolute Gasteiger partial charge is 0.237 e. The van der Waals surface area contributed by atoms with Gasteiger partial charge in [-0.25, -0.2) is 0 Å². The van der Waals surface area contributed by atoms with E-state index < -0.39 is 0 Å². The molecule has 3 aliphatic rings. The molecule has 1 N–H and O–H groups in total. The molecule has 0 aromatic carbocycles. The molecule has 3 atom stereocenters. The summed E-state index contributed by atoms with van der Waals surface area (Å²) in [6.07, 6.45) is 3.44. The molecule has 3 rings (SSSR count). The number of hydrogen-bond donors (Lipinski definition) is 1. The van der Waals surface area contributed by atoms with Crippen molar-refractivity contribution in [2.45, 2.75) is 31.3 Å². The first kappa shape index (κ1) is 14.3. The van der Waals surface area contributed by atoms with Crippen LogP contribution in [-0.2, 0) is 9.53 Å². The summed E-state index contributed by atoms with van der Waals surface area (Å²) in [6.45, 7) is 5.38. The molecule has 0 spiro atoms. The van der Waals surface area contributed by atoms with E-state index in [0.717, 1.165) is 32.1 Å². The van der Waals surface area contributed by atoms with Crippen molar-refractivity contribution in [3.63, 3.8) is 0 Å². The average Bonchev–Trinajstić information content (AvgIpc) is 2.99. The molecule has 1 amide bonds. The number of likely N-dealkylation sites (N-methyl/N-ethyl adjacent to an activating group) is 2. The number of nitrogens with one attached hydrogen (secondary N) is 1. The van der Waals surface area contributed by atoms with Crippen LogP contribution >= 0.6 is 0 Å². The molecule has 0 bridgehead atoms. The summed E-state index contributed by atoms with van der Waals surface area (Å²) in [6, 6.07) is 0.650. The third-order valence-corrected chi connectivity index (χ3v) is 5.43. The molecule has 3 heterocycles. The van der Waals surface area contributed by atoms with Gasteiger partial charge < -0.3 is 15.0 Å². The fourth-order valence-corrected chi connectivity index (χ4v) is 4.22. The lowest BCUT2D eigenvalue weighted by molar-refractivity contribution is -0.125. The van der Waals surface area contributed by atoms with Crippen LogP contribution in [0.2, 0.25) is 0 Å². The highest BCUT2D eigenvalue weighted by Gasteiger charge is 2.46. The zero-order valence-corrected chi connectivity index (χ0v) is 12.7. The van der Waals surface area contributed by atoms with E-state index in [1.54, 1.807) is 7.05 Å². The van der Waals surface area contributed by atoms with Gasteiger partial charge in [0.1, 0.15) is 0 Å². The number of likely N-dealkylation sites (tertiary alicyclic amines) is 2. The van der Waals surface area contributed by atoms with E-state index in [4.69, 9.17) is 4.74 Å². The number of nitrogens with zero attached hydrogens (tertiary/aromatic N) is 2. The number of amides is 1. The number of rotatable bonds is 3. The highest BCUT2D eigenvalue weighted by atomic mass is 16.5. The zero-order valence-electron chi connectivity index (χ0n) is 12.7. The predicted molar refractivity (Wildman–Crippen MR) is 77.5 cm³/mol. The number of ether oxygens (including phenoxy) is 1. The summed E-state index contributed by atoms with van der Waals surface area (Å²) in [7, 11) is 3.85. The van der Waals surface area contributed by atoms with Crippen LogP contribution in [0.1, 0.15) is 19.3 Å². The minimum atomic E-state index is 0.0835. The number of carbonyl (C=O) groups is 1. The summed E-state index contributed by atoms with van der Waals surface area (Å²) in [5.74, 6) is 1.66. The van der Waals surface area contributed by atoms with Gasteiger partial charge in [0.15, 0.2) is 0 Å². The number of hydrogen-bond acceptors (Lipinski definition) is 4. The number of fused-ring (bicyclic) bond motifs is 1. The largest absolute Gasteiger partial charge is 0.381 e. The Morgan fingerprint density at radius 3 is 2.70 bits per heavy atom. The van der Waals surface area contributed by atoms with Crippen LogP contribution in [0.25, 0.3) is 0 Å². The maximum Gasteiger partial charge on any atom is 0.237 e. The maximum atomic E-state index is 11.9. The lowest BCUT2D eigenvalue weighted by Gasteiger charge is -2.29. The average molecular weight is 281 g/mol. The van der Waals surface area contributed by atoms with Gasteiger partial charge in [-0.2, -0.15) is 0 Å². The van der Waals surface area contributed by atoms with Crippen LogP contribution in [0, 0.1) is 11.8 Å². The molecular formula is C15H27N3O2. The van der Waals surface area contributed by atoms with Crippen molar-refractivity contribution in [2.75, 3.05) is 46.9 Å². The van der Waals surface area contributed by atoms with Crippen molar-refractivity contribution in [1.82, 2.24) is 15.1 Å². The molecule has 0 aromatic rings. The quantitative estimate of drug-likeness (QED) is 0.801. The van der Waals surface area contributed by atoms with Gasteiger partial charge in [-0.15, -0.1) is 0 Å². The van der Waals surface area contributed by atoms with Crippen molar-refractivity contribution >= 4 is 5.91 Å². The summed E-state index contributed by atoms with van der Waals surface area (Å²) in [5.41, 5.74) is 0. The standard InChI is InChI=1S/C15H27N3O2/c1-16-15(19)13-7-12-9-18(10-14(12)17(13)2)8-11-3-5-20-6-4-11/h11-14H,3-10H2,1-2H3,(H,16,19)/t12-,13-,14+/m1/s1. The Morgan fingerprint density at radius 2 is 2.05 bits per heavy atom. The minimum Gasteiger partial charge on any atom is -0.381 e. The fourth-order valence-electron chi connectivity index (χ4n) is 4.22. The second-order valence-electron chi connectivity index (χ2n) is 6.63. The molecule has 3 saturated heterocycles. The van der Waals surface area contributed by atoms with Crippen LogP contribution in [0.3, 0.4) is 0 Å². The van der Waals surface area contributed by atoms with Gasteiger partial charge in [-0.05, 0) is 38.1 Å². The number of carbonyl (C=O) groups excluding carboxylic acids is 1. The van der Waals surface area contributed by atoms with Crippen LogP contribution in [0.5, 0.6) is 0 Å². The van der Waals surface area contributed by atoms with E-state index in [1.165, 1.54) is 25.9 Å². The topological polar surface area (TPSA) is 44.8 Å². The summed E-state index contributed by atoms with van der Waals surface area (Å²) in [4.78, 5) is 16.8. The molecule has 3 aliphatic heterocycles. The molecule has 20 heavy (non-hydrogen) atoms. The third-order valence-electron chi connectivity index (χ3n) is 5.43. The van der Waals surface area contributed by atoms with Crippen molar-refractivity contribution < 1.29 is 9.53 Å². The Hall–Kier alpha value is -0.650. The van der Waals surface area contributed by atoms with Crippen LogP contribution in [0.4, 0.5) is 0 Å². The molecule has 0 radical (unpaired) electrons. The Kier molecular flexibility index (Phi) is 4.29. The Morgan fingerprint density at radius 1 is 1.30 bits per heavy atom. The molecule has 5 heteroatoms. The monoisotopic (exact) mass is 281 g/mol. The van der Waals surface area contributed by atoms with Gasteiger partial charge >= 0.3 is 0 Å². The molecule has 0 aliphatic carbocycles. The van der Waals surface area contributed by atoms with Crippen molar-refractivity contribution in [1.29, 1.82) is 0 Å².